The average molecular weight is 205 g/mol. The van der Waals surface area contributed by atoms with Crippen LogP contribution in [0.15, 0.2) is 24.3 Å². The van der Waals surface area contributed by atoms with Gasteiger partial charge in [-0.25, -0.2) is 4.79 Å². The van der Waals surface area contributed by atoms with Crippen molar-refractivity contribution in [3.05, 3.63) is 35.4 Å². The summed E-state index contributed by atoms with van der Waals surface area (Å²) in [6, 6.07) is 6.92. The lowest BCUT2D eigenvalue weighted by molar-refractivity contribution is 0.0697. The normalized spacial score (nSPS) is 17.4. The second kappa shape index (κ2) is 4.03. The summed E-state index contributed by atoms with van der Waals surface area (Å²) in [6.45, 7) is 0. The van der Waals surface area contributed by atoms with E-state index in [1.54, 1.807) is 12.1 Å². The third-order valence-corrected chi connectivity index (χ3v) is 2.87. The van der Waals surface area contributed by atoms with E-state index in [1.165, 1.54) is 12.8 Å². The van der Waals surface area contributed by atoms with Crippen LogP contribution in [0, 0.1) is 5.92 Å². The minimum Gasteiger partial charge on any atom is -0.478 e. The van der Waals surface area contributed by atoms with Gasteiger partial charge in [0.25, 0.3) is 0 Å². The Morgan fingerprint density at radius 1 is 1.40 bits per heavy atom. The van der Waals surface area contributed by atoms with Crippen molar-refractivity contribution in [1.82, 2.24) is 0 Å². The Labute approximate surface area is 88.9 Å². The van der Waals surface area contributed by atoms with Crippen molar-refractivity contribution in [2.24, 2.45) is 11.7 Å². The summed E-state index contributed by atoms with van der Waals surface area (Å²) in [5, 5.41) is 8.74. The molecule has 0 amide bonds. The van der Waals surface area contributed by atoms with Gasteiger partial charge in [-0.3, -0.25) is 0 Å². The van der Waals surface area contributed by atoms with Crippen LogP contribution < -0.4 is 5.73 Å². The highest BCUT2D eigenvalue weighted by atomic mass is 16.4. The smallest absolute Gasteiger partial charge is 0.335 e. The molecule has 0 aliphatic heterocycles. The first-order valence-electron chi connectivity index (χ1n) is 5.25. The molecule has 0 saturated heterocycles. The maximum absolute atomic E-state index is 10.6. The monoisotopic (exact) mass is 205 g/mol. The Balaban J connectivity index is 2.04. The zero-order valence-corrected chi connectivity index (χ0v) is 8.52. The molecule has 3 nitrogen and oxygen atoms in total. The van der Waals surface area contributed by atoms with Gasteiger partial charge in [-0.05, 0) is 30.0 Å². The highest BCUT2D eigenvalue weighted by Gasteiger charge is 2.24. The average Bonchev–Trinajstić information content (AvgIpc) is 3.02. The van der Waals surface area contributed by atoms with Gasteiger partial charge in [0.1, 0.15) is 0 Å². The zero-order chi connectivity index (χ0) is 10.8. The first-order chi connectivity index (χ1) is 7.16. The Kier molecular flexibility index (Phi) is 2.73. The van der Waals surface area contributed by atoms with Crippen molar-refractivity contribution in [2.75, 3.05) is 0 Å². The topological polar surface area (TPSA) is 63.3 Å². The molecule has 1 aliphatic rings. The molecule has 2 rings (SSSR count). The summed E-state index contributed by atoms with van der Waals surface area (Å²) >= 11 is 0. The maximum atomic E-state index is 10.6. The Hall–Kier alpha value is -1.35. The van der Waals surface area contributed by atoms with Crippen molar-refractivity contribution in [1.29, 1.82) is 0 Å². The summed E-state index contributed by atoms with van der Waals surface area (Å²) in [5.74, 6) is -0.100. The summed E-state index contributed by atoms with van der Waals surface area (Å²) in [6.07, 6.45) is 3.61. The molecule has 1 saturated carbocycles. The molecule has 0 spiro atoms. The van der Waals surface area contributed by atoms with Crippen LogP contribution >= 0.6 is 0 Å². The molecule has 1 aliphatic carbocycles. The van der Waals surface area contributed by atoms with E-state index in [-0.39, 0.29) is 6.04 Å². The molecule has 80 valence electrons. The van der Waals surface area contributed by atoms with Crippen LogP contribution in [0.2, 0.25) is 0 Å². The van der Waals surface area contributed by atoms with E-state index >= 15 is 0 Å². The minimum atomic E-state index is -0.891. The summed E-state index contributed by atoms with van der Waals surface area (Å²) in [4.78, 5) is 10.6. The van der Waals surface area contributed by atoms with Crippen molar-refractivity contribution in [3.8, 4) is 0 Å². The largest absolute Gasteiger partial charge is 0.478 e. The fraction of sp³-hybridized carbons (Fsp3) is 0.417. The molecule has 15 heavy (non-hydrogen) atoms. The number of rotatable bonds is 4. The molecule has 3 N–H and O–H groups in total. The SMILES string of the molecule is N[C@H](CC1CC1)c1ccc(C(=O)O)cc1. The fourth-order valence-electron chi connectivity index (χ4n) is 1.72. The second-order valence-electron chi connectivity index (χ2n) is 4.21. The van der Waals surface area contributed by atoms with E-state index in [0.29, 0.717) is 5.56 Å². The molecule has 3 heteroatoms. The van der Waals surface area contributed by atoms with Gasteiger partial charge >= 0.3 is 5.97 Å². The van der Waals surface area contributed by atoms with Crippen LogP contribution in [0.3, 0.4) is 0 Å². The van der Waals surface area contributed by atoms with E-state index in [1.807, 2.05) is 12.1 Å². The molecular formula is C12H15NO2. The number of hydrogen-bond acceptors (Lipinski definition) is 2. The first-order valence-corrected chi connectivity index (χ1v) is 5.25. The molecule has 1 aromatic carbocycles. The molecule has 0 unspecified atom stereocenters. The molecule has 0 radical (unpaired) electrons. The van der Waals surface area contributed by atoms with Gasteiger partial charge in [-0.2, -0.15) is 0 Å². The van der Waals surface area contributed by atoms with Crippen LogP contribution in [-0.2, 0) is 0 Å². The van der Waals surface area contributed by atoms with E-state index in [0.717, 1.165) is 17.9 Å². The molecule has 0 bridgehead atoms. The van der Waals surface area contributed by atoms with Crippen LogP contribution in [0.4, 0.5) is 0 Å². The van der Waals surface area contributed by atoms with Gasteiger partial charge in [-0.1, -0.05) is 25.0 Å². The van der Waals surface area contributed by atoms with E-state index in [4.69, 9.17) is 10.8 Å². The highest BCUT2D eigenvalue weighted by Crippen LogP contribution is 2.36. The third-order valence-electron chi connectivity index (χ3n) is 2.87. The lowest BCUT2D eigenvalue weighted by Crippen LogP contribution is -2.11. The van der Waals surface area contributed by atoms with Crippen LogP contribution in [-0.4, -0.2) is 11.1 Å². The molecule has 1 atom stereocenters. The Morgan fingerprint density at radius 2 is 2.00 bits per heavy atom. The van der Waals surface area contributed by atoms with Crippen molar-refractivity contribution in [3.63, 3.8) is 0 Å². The van der Waals surface area contributed by atoms with E-state index in [9.17, 15) is 4.79 Å². The van der Waals surface area contributed by atoms with Gasteiger partial charge in [-0.15, -0.1) is 0 Å². The van der Waals surface area contributed by atoms with E-state index < -0.39 is 5.97 Å². The number of hydrogen-bond donors (Lipinski definition) is 2. The number of benzene rings is 1. The number of nitrogens with two attached hydrogens (primary N) is 1. The molecule has 0 aromatic heterocycles. The van der Waals surface area contributed by atoms with Crippen molar-refractivity contribution in [2.45, 2.75) is 25.3 Å². The van der Waals surface area contributed by atoms with Crippen molar-refractivity contribution >= 4 is 5.97 Å². The number of carboxylic acids is 1. The summed E-state index contributed by atoms with van der Waals surface area (Å²) < 4.78 is 0. The quantitative estimate of drug-likeness (QED) is 0.791. The van der Waals surface area contributed by atoms with Crippen LogP contribution in [0.1, 0.15) is 41.2 Å². The summed E-state index contributed by atoms with van der Waals surface area (Å²) in [5.41, 5.74) is 7.37. The zero-order valence-electron chi connectivity index (χ0n) is 8.52. The van der Waals surface area contributed by atoms with Crippen molar-refractivity contribution < 1.29 is 9.90 Å². The van der Waals surface area contributed by atoms with Gasteiger partial charge < -0.3 is 10.8 Å². The molecular weight excluding hydrogens is 190 g/mol. The predicted molar refractivity (Wildman–Crippen MR) is 57.7 cm³/mol. The Bertz CT molecular complexity index is 354. The molecule has 1 aromatic rings. The second-order valence-corrected chi connectivity index (χ2v) is 4.21. The summed E-state index contributed by atoms with van der Waals surface area (Å²) in [7, 11) is 0. The van der Waals surface area contributed by atoms with Gasteiger partial charge in [0.15, 0.2) is 0 Å². The third kappa shape index (κ3) is 2.57. The fourth-order valence-corrected chi connectivity index (χ4v) is 1.72. The minimum absolute atomic E-state index is 0.0559. The van der Waals surface area contributed by atoms with E-state index in [2.05, 4.69) is 0 Å². The van der Waals surface area contributed by atoms with Crippen LogP contribution in [0.5, 0.6) is 0 Å². The van der Waals surface area contributed by atoms with Gasteiger partial charge in [0.05, 0.1) is 5.56 Å². The molecule has 0 heterocycles. The number of carbonyl (C=O) groups is 1. The molecule has 1 fully saturated rings. The standard InChI is InChI=1S/C12H15NO2/c13-11(7-8-1-2-8)9-3-5-10(6-4-9)12(14)15/h3-6,8,11H,1-2,7,13H2,(H,14,15)/t11-/m1/s1. The maximum Gasteiger partial charge on any atom is 0.335 e. The number of carboxylic acid groups (broad SMARTS) is 1. The number of aromatic carboxylic acids is 1. The van der Waals surface area contributed by atoms with Gasteiger partial charge in [0.2, 0.25) is 0 Å². The predicted octanol–water partition coefficient (Wildman–Crippen LogP) is 2.18. The van der Waals surface area contributed by atoms with Crippen LogP contribution in [0.25, 0.3) is 0 Å². The highest BCUT2D eigenvalue weighted by molar-refractivity contribution is 5.87. The lowest BCUT2D eigenvalue weighted by atomic mass is 10.0. The Morgan fingerprint density at radius 3 is 2.47 bits per heavy atom. The lowest BCUT2D eigenvalue weighted by Gasteiger charge is -2.11. The first kappa shape index (κ1) is 10.2. The van der Waals surface area contributed by atoms with Gasteiger partial charge in [0, 0.05) is 6.04 Å².